The Kier molecular flexibility index (Phi) is 8.40. The molecule has 1 amide bonds. The molecular weight excluding hydrogens is 464 g/mol. The van der Waals surface area contributed by atoms with Crippen molar-refractivity contribution in [2.45, 2.75) is 38.1 Å². The van der Waals surface area contributed by atoms with Crippen LogP contribution in [0.2, 0.25) is 0 Å². The maximum Gasteiger partial charge on any atom is 0.264 e. The Labute approximate surface area is 207 Å². The van der Waals surface area contributed by atoms with Crippen LogP contribution in [0.25, 0.3) is 0 Å². The minimum absolute atomic E-state index is 0.00546. The molecule has 0 aromatic heterocycles. The van der Waals surface area contributed by atoms with Crippen molar-refractivity contribution in [2.75, 3.05) is 25.1 Å². The molecule has 3 aromatic rings. The van der Waals surface area contributed by atoms with Gasteiger partial charge in [0, 0.05) is 6.07 Å². The van der Waals surface area contributed by atoms with E-state index < -0.39 is 15.9 Å². The summed E-state index contributed by atoms with van der Waals surface area (Å²) in [4.78, 5) is 13.1. The molecule has 3 aromatic carbocycles. The molecule has 0 fully saturated rings. The molecule has 3 rings (SSSR count). The van der Waals surface area contributed by atoms with E-state index in [2.05, 4.69) is 5.32 Å². The number of nitrogens with zero attached hydrogens (tertiary/aromatic N) is 1. The van der Waals surface area contributed by atoms with Crippen LogP contribution in [-0.2, 0) is 14.8 Å². The van der Waals surface area contributed by atoms with Crippen molar-refractivity contribution >= 4 is 21.6 Å². The van der Waals surface area contributed by atoms with Crippen LogP contribution in [0, 0.1) is 13.8 Å². The maximum atomic E-state index is 13.7. The largest absolute Gasteiger partial charge is 0.493 e. The van der Waals surface area contributed by atoms with Gasteiger partial charge in [0.15, 0.2) is 11.5 Å². The van der Waals surface area contributed by atoms with Gasteiger partial charge in [0.25, 0.3) is 10.0 Å². The Hall–Kier alpha value is -3.52. The minimum atomic E-state index is -4.10. The number of rotatable bonds is 10. The molecule has 186 valence electrons. The van der Waals surface area contributed by atoms with Gasteiger partial charge in [-0.15, -0.1) is 0 Å². The highest BCUT2D eigenvalue weighted by molar-refractivity contribution is 7.92. The fraction of sp³-hybridized carbons (Fsp3) is 0.296. The number of benzene rings is 3. The van der Waals surface area contributed by atoms with Crippen molar-refractivity contribution in [1.82, 2.24) is 5.32 Å². The molecule has 0 unspecified atom stereocenters. The SMILES string of the molecule is CC[C@H](NC(=O)CN(c1ccc(C)cc1)S(=O)(=O)c1ccc(OC)c(OC)c1)c1ccc(C)cc1. The van der Waals surface area contributed by atoms with E-state index in [0.717, 1.165) is 21.0 Å². The van der Waals surface area contributed by atoms with Gasteiger partial charge < -0.3 is 14.8 Å². The average Bonchev–Trinajstić information content (AvgIpc) is 2.86. The number of hydrogen-bond donors (Lipinski definition) is 1. The standard InChI is InChI=1S/C27H32N2O5S/c1-6-24(21-11-7-19(2)8-12-21)28-27(30)18-29(22-13-9-20(3)10-14-22)35(31,32)23-15-16-25(33-4)26(17-23)34-5/h7-17,24H,6,18H2,1-5H3,(H,28,30)/t24-/m0/s1. The summed E-state index contributed by atoms with van der Waals surface area (Å²) in [5.41, 5.74) is 3.47. The number of carbonyl (C=O) groups is 1. The first kappa shape index (κ1) is 26.1. The Morgan fingerprint density at radius 1 is 0.886 bits per heavy atom. The second kappa shape index (κ2) is 11.3. The summed E-state index contributed by atoms with van der Waals surface area (Å²) in [6.45, 7) is 5.52. The maximum absolute atomic E-state index is 13.7. The fourth-order valence-corrected chi connectivity index (χ4v) is 5.16. The van der Waals surface area contributed by atoms with Gasteiger partial charge >= 0.3 is 0 Å². The summed E-state index contributed by atoms with van der Waals surface area (Å²) < 4.78 is 39.1. The molecule has 7 nitrogen and oxygen atoms in total. The Morgan fingerprint density at radius 3 is 2.00 bits per heavy atom. The average molecular weight is 497 g/mol. The van der Waals surface area contributed by atoms with Crippen LogP contribution in [0.4, 0.5) is 5.69 Å². The van der Waals surface area contributed by atoms with Gasteiger partial charge in [-0.2, -0.15) is 0 Å². The highest BCUT2D eigenvalue weighted by Gasteiger charge is 2.29. The lowest BCUT2D eigenvalue weighted by Gasteiger charge is -2.26. The number of carbonyl (C=O) groups excluding carboxylic acids is 1. The lowest BCUT2D eigenvalue weighted by molar-refractivity contribution is -0.120. The van der Waals surface area contributed by atoms with Gasteiger partial charge in [0.1, 0.15) is 6.54 Å². The third-order valence-electron chi connectivity index (χ3n) is 5.78. The Balaban J connectivity index is 1.95. The van der Waals surface area contributed by atoms with E-state index in [9.17, 15) is 13.2 Å². The summed E-state index contributed by atoms with van der Waals surface area (Å²) in [5, 5.41) is 2.99. The third-order valence-corrected chi connectivity index (χ3v) is 7.55. The predicted molar refractivity (Wildman–Crippen MR) is 138 cm³/mol. The van der Waals surface area contributed by atoms with E-state index in [1.54, 1.807) is 12.1 Å². The first-order valence-electron chi connectivity index (χ1n) is 11.4. The molecule has 0 saturated carbocycles. The zero-order valence-corrected chi connectivity index (χ0v) is 21.6. The first-order valence-corrected chi connectivity index (χ1v) is 12.8. The smallest absolute Gasteiger partial charge is 0.264 e. The van der Waals surface area contributed by atoms with Crippen LogP contribution < -0.4 is 19.1 Å². The number of methoxy groups -OCH3 is 2. The molecule has 0 aliphatic carbocycles. The minimum Gasteiger partial charge on any atom is -0.493 e. The zero-order valence-electron chi connectivity index (χ0n) is 20.7. The monoisotopic (exact) mass is 496 g/mol. The fourth-order valence-electron chi connectivity index (χ4n) is 3.72. The molecule has 0 aliphatic heterocycles. The third kappa shape index (κ3) is 6.14. The number of sulfonamides is 1. The summed E-state index contributed by atoms with van der Waals surface area (Å²) >= 11 is 0. The van der Waals surface area contributed by atoms with Gasteiger partial charge in [0.05, 0.1) is 30.8 Å². The van der Waals surface area contributed by atoms with E-state index in [0.29, 0.717) is 17.9 Å². The molecule has 1 atom stereocenters. The van der Waals surface area contributed by atoms with Crippen LogP contribution in [0.3, 0.4) is 0 Å². The molecular formula is C27H32N2O5S. The van der Waals surface area contributed by atoms with E-state index in [4.69, 9.17) is 9.47 Å². The number of ether oxygens (including phenoxy) is 2. The molecule has 0 radical (unpaired) electrons. The van der Waals surface area contributed by atoms with E-state index in [1.165, 1.54) is 32.4 Å². The second-order valence-electron chi connectivity index (χ2n) is 8.30. The van der Waals surface area contributed by atoms with E-state index in [1.807, 2.05) is 57.2 Å². The summed E-state index contributed by atoms with van der Waals surface area (Å²) in [7, 11) is -1.18. The first-order chi connectivity index (χ1) is 16.7. The Morgan fingerprint density at radius 2 is 1.46 bits per heavy atom. The van der Waals surface area contributed by atoms with Gasteiger partial charge in [-0.3, -0.25) is 9.10 Å². The van der Waals surface area contributed by atoms with Crippen LogP contribution in [0.15, 0.2) is 71.6 Å². The van der Waals surface area contributed by atoms with Crippen LogP contribution in [0.1, 0.15) is 36.1 Å². The van der Waals surface area contributed by atoms with E-state index in [-0.39, 0.29) is 23.2 Å². The molecule has 1 N–H and O–H groups in total. The van der Waals surface area contributed by atoms with Crippen molar-refractivity contribution < 1.29 is 22.7 Å². The highest BCUT2D eigenvalue weighted by atomic mass is 32.2. The quantitative estimate of drug-likeness (QED) is 0.437. The van der Waals surface area contributed by atoms with Gasteiger partial charge in [-0.25, -0.2) is 8.42 Å². The molecule has 0 spiro atoms. The molecule has 0 aliphatic rings. The molecule has 0 bridgehead atoms. The summed E-state index contributed by atoms with van der Waals surface area (Å²) in [5.74, 6) is 0.296. The van der Waals surface area contributed by atoms with Crippen molar-refractivity contribution in [3.63, 3.8) is 0 Å². The van der Waals surface area contributed by atoms with Crippen LogP contribution in [-0.4, -0.2) is 35.1 Å². The van der Waals surface area contributed by atoms with Gasteiger partial charge in [0.2, 0.25) is 5.91 Å². The highest BCUT2D eigenvalue weighted by Crippen LogP contribution is 2.32. The normalized spacial score (nSPS) is 12.0. The Bertz CT molecular complexity index is 1260. The van der Waals surface area contributed by atoms with Crippen LogP contribution in [0.5, 0.6) is 11.5 Å². The lowest BCUT2D eigenvalue weighted by atomic mass is 10.0. The number of hydrogen-bond acceptors (Lipinski definition) is 5. The number of amides is 1. The van der Waals surface area contributed by atoms with Gasteiger partial charge in [-0.1, -0.05) is 54.4 Å². The summed E-state index contributed by atoms with van der Waals surface area (Å²) in [6, 6.07) is 19.1. The lowest BCUT2D eigenvalue weighted by Crippen LogP contribution is -2.42. The summed E-state index contributed by atoms with van der Waals surface area (Å²) in [6.07, 6.45) is 0.668. The molecule has 35 heavy (non-hydrogen) atoms. The van der Waals surface area contributed by atoms with Crippen molar-refractivity contribution in [3.05, 3.63) is 83.4 Å². The van der Waals surface area contributed by atoms with Crippen LogP contribution >= 0.6 is 0 Å². The number of anilines is 1. The molecule has 0 saturated heterocycles. The second-order valence-corrected chi connectivity index (χ2v) is 10.2. The van der Waals surface area contributed by atoms with Crippen molar-refractivity contribution in [1.29, 1.82) is 0 Å². The number of aryl methyl sites for hydroxylation is 2. The van der Waals surface area contributed by atoms with Crippen molar-refractivity contribution in [3.8, 4) is 11.5 Å². The molecule has 0 heterocycles. The topological polar surface area (TPSA) is 84.9 Å². The predicted octanol–water partition coefficient (Wildman–Crippen LogP) is 4.78. The van der Waals surface area contributed by atoms with Gasteiger partial charge in [-0.05, 0) is 50.1 Å². The zero-order chi connectivity index (χ0) is 25.6. The molecule has 8 heteroatoms. The number of nitrogens with one attached hydrogen (secondary N) is 1. The van der Waals surface area contributed by atoms with Crippen molar-refractivity contribution in [2.24, 2.45) is 0 Å². The van der Waals surface area contributed by atoms with E-state index >= 15 is 0 Å².